The van der Waals surface area contributed by atoms with Gasteiger partial charge in [-0.3, -0.25) is 4.79 Å². The Morgan fingerprint density at radius 1 is 1.40 bits per heavy atom. The van der Waals surface area contributed by atoms with Gasteiger partial charge in [-0.05, 0) is 52.7 Å². The Bertz CT molecular complexity index is 616. The van der Waals surface area contributed by atoms with Crippen LogP contribution in [0.3, 0.4) is 0 Å². The minimum Gasteiger partial charge on any atom is -0.398 e. The smallest absolute Gasteiger partial charge is 0.235 e. The lowest BCUT2D eigenvalue weighted by Crippen LogP contribution is -2.14. The van der Waals surface area contributed by atoms with Crippen molar-refractivity contribution in [2.24, 2.45) is 0 Å². The predicted molar refractivity (Wildman–Crippen MR) is 86.9 cm³/mol. The van der Waals surface area contributed by atoms with Crippen LogP contribution in [0.15, 0.2) is 45.9 Å². The van der Waals surface area contributed by atoms with Gasteiger partial charge < -0.3 is 11.1 Å². The van der Waals surface area contributed by atoms with Crippen LogP contribution in [0.2, 0.25) is 0 Å². The highest BCUT2D eigenvalue weighted by Gasteiger charge is 2.06. The van der Waals surface area contributed by atoms with Gasteiger partial charge in [-0.1, -0.05) is 6.07 Å². The van der Waals surface area contributed by atoms with Gasteiger partial charge in [-0.15, -0.1) is 11.8 Å². The van der Waals surface area contributed by atoms with Crippen LogP contribution in [0, 0.1) is 6.92 Å². The molecule has 2 rings (SSSR count). The first-order valence-corrected chi connectivity index (χ1v) is 7.73. The molecule has 0 radical (unpaired) electrons. The van der Waals surface area contributed by atoms with Crippen LogP contribution in [0.4, 0.5) is 11.5 Å². The highest BCUT2D eigenvalue weighted by molar-refractivity contribution is 9.10. The SMILES string of the molecule is Cc1ccc(SCC(=O)Nc2ccc(Br)cn2)c(N)c1. The van der Waals surface area contributed by atoms with E-state index in [-0.39, 0.29) is 5.91 Å². The number of rotatable bonds is 4. The molecule has 0 atom stereocenters. The highest BCUT2D eigenvalue weighted by atomic mass is 79.9. The first-order valence-electron chi connectivity index (χ1n) is 5.95. The number of carbonyl (C=O) groups excluding carboxylic acids is 1. The van der Waals surface area contributed by atoms with Crippen molar-refractivity contribution in [3.05, 3.63) is 46.6 Å². The number of halogens is 1. The summed E-state index contributed by atoms with van der Waals surface area (Å²) in [4.78, 5) is 16.8. The lowest BCUT2D eigenvalue weighted by Gasteiger charge is -2.07. The van der Waals surface area contributed by atoms with E-state index < -0.39 is 0 Å². The predicted octanol–water partition coefficient (Wildman–Crippen LogP) is 3.47. The zero-order valence-corrected chi connectivity index (χ0v) is 13.3. The fourth-order valence-electron chi connectivity index (χ4n) is 1.57. The van der Waals surface area contributed by atoms with Crippen LogP contribution in [0.25, 0.3) is 0 Å². The molecule has 0 aliphatic rings. The lowest BCUT2D eigenvalue weighted by atomic mass is 10.2. The zero-order valence-electron chi connectivity index (χ0n) is 10.9. The van der Waals surface area contributed by atoms with Gasteiger partial charge in [-0.2, -0.15) is 0 Å². The number of aryl methyl sites for hydroxylation is 1. The zero-order chi connectivity index (χ0) is 14.5. The Labute approximate surface area is 130 Å². The topological polar surface area (TPSA) is 68.0 Å². The van der Waals surface area contributed by atoms with Crippen LogP contribution in [-0.2, 0) is 4.79 Å². The summed E-state index contributed by atoms with van der Waals surface area (Å²) in [5, 5.41) is 2.74. The van der Waals surface area contributed by atoms with Gasteiger partial charge in [0.2, 0.25) is 5.91 Å². The molecule has 0 unspecified atom stereocenters. The van der Waals surface area contributed by atoms with E-state index in [2.05, 4.69) is 26.2 Å². The van der Waals surface area contributed by atoms with Crippen LogP contribution in [0.5, 0.6) is 0 Å². The second-order valence-corrected chi connectivity index (χ2v) is 6.17. The van der Waals surface area contributed by atoms with Crippen molar-refractivity contribution in [3.63, 3.8) is 0 Å². The van der Waals surface area contributed by atoms with E-state index in [1.807, 2.05) is 31.2 Å². The summed E-state index contributed by atoms with van der Waals surface area (Å²) in [5.74, 6) is 0.728. The van der Waals surface area contributed by atoms with Crippen LogP contribution >= 0.6 is 27.7 Å². The summed E-state index contributed by atoms with van der Waals surface area (Å²) in [6, 6.07) is 9.38. The third kappa shape index (κ3) is 4.25. The van der Waals surface area contributed by atoms with Gasteiger partial charge in [0, 0.05) is 21.3 Å². The van der Waals surface area contributed by atoms with Gasteiger partial charge in [0.15, 0.2) is 0 Å². The number of anilines is 2. The van der Waals surface area contributed by atoms with Crippen LogP contribution < -0.4 is 11.1 Å². The van der Waals surface area contributed by atoms with Crippen molar-refractivity contribution >= 4 is 45.1 Å². The Morgan fingerprint density at radius 2 is 2.20 bits per heavy atom. The molecule has 0 aliphatic carbocycles. The number of thioether (sulfide) groups is 1. The van der Waals surface area contributed by atoms with Gasteiger partial charge >= 0.3 is 0 Å². The third-order valence-corrected chi connectivity index (χ3v) is 4.08. The summed E-state index contributed by atoms with van der Waals surface area (Å²) in [5.41, 5.74) is 7.71. The van der Waals surface area contributed by atoms with E-state index in [4.69, 9.17) is 5.73 Å². The molecule has 3 N–H and O–H groups in total. The number of nitrogen functional groups attached to an aromatic ring is 1. The Kier molecular flexibility index (Phi) is 5.03. The number of hydrogen-bond donors (Lipinski definition) is 2. The van der Waals surface area contributed by atoms with Crippen molar-refractivity contribution in [1.82, 2.24) is 4.98 Å². The van der Waals surface area contributed by atoms with Gasteiger partial charge in [0.05, 0.1) is 5.75 Å². The minimum atomic E-state index is -0.107. The van der Waals surface area contributed by atoms with Gasteiger partial charge in [0.1, 0.15) is 5.82 Å². The molecule has 0 saturated carbocycles. The van der Waals surface area contributed by atoms with E-state index >= 15 is 0 Å². The molecular weight excluding hydrogens is 338 g/mol. The largest absolute Gasteiger partial charge is 0.398 e. The standard InChI is InChI=1S/C14H14BrN3OS/c1-9-2-4-12(11(16)6-9)20-8-14(19)18-13-5-3-10(15)7-17-13/h2-7H,8,16H2,1H3,(H,17,18,19). The number of benzene rings is 1. The number of nitrogens with one attached hydrogen (secondary N) is 1. The monoisotopic (exact) mass is 351 g/mol. The number of carbonyl (C=O) groups is 1. The lowest BCUT2D eigenvalue weighted by molar-refractivity contribution is -0.113. The Morgan fingerprint density at radius 3 is 2.85 bits per heavy atom. The molecule has 0 bridgehead atoms. The van der Waals surface area contributed by atoms with Crippen molar-refractivity contribution in [2.75, 3.05) is 16.8 Å². The van der Waals surface area contributed by atoms with E-state index in [9.17, 15) is 4.79 Å². The summed E-state index contributed by atoms with van der Waals surface area (Å²) in [7, 11) is 0. The quantitative estimate of drug-likeness (QED) is 0.653. The summed E-state index contributed by atoms with van der Waals surface area (Å²) in [6.45, 7) is 1.98. The molecule has 6 heteroatoms. The molecule has 0 saturated heterocycles. The Hall–Kier alpha value is -1.53. The second kappa shape index (κ2) is 6.76. The molecule has 1 heterocycles. The fourth-order valence-corrected chi connectivity index (χ4v) is 2.55. The maximum absolute atomic E-state index is 11.8. The van der Waals surface area contributed by atoms with Crippen LogP contribution in [-0.4, -0.2) is 16.6 Å². The molecule has 4 nitrogen and oxygen atoms in total. The van der Waals surface area contributed by atoms with Crippen LogP contribution in [0.1, 0.15) is 5.56 Å². The third-order valence-electron chi connectivity index (χ3n) is 2.52. The molecule has 1 aromatic carbocycles. The highest BCUT2D eigenvalue weighted by Crippen LogP contribution is 2.25. The number of amides is 1. The molecule has 1 aromatic heterocycles. The molecular formula is C14H14BrN3OS. The first kappa shape index (κ1) is 14.9. The fraction of sp³-hybridized carbons (Fsp3) is 0.143. The molecule has 1 amide bonds. The summed E-state index contributed by atoms with van der Waals surface area (Å²) >= 11 is 4.71. The number of hydrogen-bond acceptors (Lipinski definition) is 4. The van der Waals surface area contributed by atoms with Crippen molar-refractivity contribution in [3.8, 4) is 0 Å². The molecule has 0 aliphatic heterocycles. The maximum Gasteiger partial charge on any atom is 0.235 e. The number of nitrogens with two attached hydrogens (primary N) is 1. The van der Waals surface area contributed by atoms with Crippen molar-refractivity contribution in [1.29, 1.82) is 0 Å². The van der Waals surface area contributed by atoms with Crippen molar-refractivity contribution < 1.29 is 4.79 Å². The average Bonchev–Trinajstić information content (AvgIpc) is 2.40. The summed E-state index contributed by atoms with van der Waals surface area (Å²) in [6.07, 6.45) is 1.64. The Balaban J connectivity index is 1.90. The second-order valence-electron chi connectivity index (χ2n) is 4.24. The molecule has 104 valence electrons. The summed E-state index contributed by atoms with van der Waals surface area (Å²) < 4.78 is 0.873. The van der Waals surface area contributed by atoms with Crippen molar-refractivity contribution in [2.45, 2.75) is 11.8 Å². The molecule has 0 fully saturated rings. The molecule has 2 aromatic rings. The average molecular weight is 352 g/mol. The number of nitrogens with zero attached hydrogens (tertiary/aromatic N) is 1. The number of aromatic nitrogens is 1. The first-order chi connectivity index (χ1) is 9.54. The minimum absolute atomic E-state index is 0.107. The van der Waals surface area contributed by atoms with E-state index in [1.165, 1.54) is 11.8 Å². The van der Waals surface area contributed by atoms with E-state index in [1.54, 1.807) is 12.3 Å². The normalized spacial score (nSPS) is 10.3. The molecule has 0 spiro atoms. The number of pyridine rings is 1. The van der Waals surface area contributed by atoms with E-state index in [0.29, 0.717) is 17.3 Å². The van der Waals surface area contributed by atoms with Gasteiger partial charge in [0.25, 0.3) is 0 Å². The van der Waals surface area contributed by atoms with E-state index in [0.717, 1.165) is 14.9 Å². The molecule has 20 heavy (non-hydrogen) atoms. The maximum atomic E-state index is 11.8. The van der Waals surface area contributed by atoms with Gasteiger partial charge in [-0.25, -0.2) is 4.98 Å².